The second-order valence-electron chi connectivity index (χ2n) is 4.14. The van der Waals surface area contributed by atoms with E-state index in [2.05, 4.69) is 4.98 Å². The number of rotatable bonds is 5. The summed E-state index contributed by atoms with van der Waals surface area (Å²) in [5.41, 5.74) is 0.372. The molecular weight excluding hydrogens is 276 g/mol. The summed E-state index contributed by atoms with van der Waals surface area (Å²) in [6.07, 6.45) is 1.40. The molecule has 0 saturated carbocycles. The van der Waals surface area contributed by atoms with Crippen LogP contribution >= 0.6 is 0 Å². The number of nitrogens with zero attached hydrogens (tertiary/aromatic N) is 2. The quantitative estimate of drug-likeness (QED) is 0.477. The highest BCUT2D eigenvalue weighted by Crippen LogP contribution is 2.33. The number of ketones is 1. The SMILES string of the molecule is COc1cc([N+](=O)[O-])ccc1Oc1ccc(C(C)=O)cn1. The summed E-state index contributed by atoms with van der Waals surface area (Å²) in [5, 5.41) is 10.7. The van der Waals surface area contributed by atoms with E-state index in [-0.39, 0.29) is 23.1 Å². The summed E-state index contributed by atoms with van der Waals surface area (Å²) in [6, 6.07) is 7.12. The Morgan fingerprint density at radius 2 is 2.00 bits per heavy atom. The minimum Gasteiger partial charge on any atom is -0.493 e. The molecule has 0 atom stereocenters. The van der Waals surface area contributed by atoms with Gasteiger partial charge in [-0.25, -0.2) is 4.98 Å². The number of pyridine rings is 1. The fourth-order valence-electron chi connectivity index (χ4n) is 1.62. The molecular formula is C14H12N2O5. The number of hydrogen-bond donors (Lipinski definition) is 0. The monoisotopic (exact) mass is 288 g/mol. The lowest BCUT2D eigenvalue weighted by molar-refractivity contribution is -0.384. The van der Waals surface area contributed by atoms with Gasteiger partial charge in [-0.05, 0) is 19.1 Å². The van der Waals surface area contributed by atoms with Gasteiger partial charge in [0.1, 0.15) is 0 Å². The van der Waals surface area contributed by atoms with E-state index >= 15 is 0 Å². The van der Waals surface area contributed by atoms with Gasteiger partial charge in [-0.2, -0.15) is 0 Å². The standard InChI is InChI=1S/C14H12N2O5/c1-9(17)10-3-6-14(15-8-10)21-12-5-4-11(16(18)19)7-13(12)20-2/h3-8H,1-2H3. The molecule has 0 N–H and O–H groups in total. The van der Waals surface area contributed by atoms with Crippen molar-refractivity contribution >= 4 is 11.5 Å². The summed E-state index contributed by atoms with van der Waals surface area (Å²) in [7, 11) is 1.39. The summed E-state index contributed by atoms with van der Waals surface area (Å²) < 4.78 is 10.6. The Bertz CT molecular complexity index is 682. The van der Waals surface area contributed by atoms with Gasteiger partial charge in [-0.15, -0.1) is 0 Å². The zero-order valence-electron chi connectivity index (χ0n) is 11.4. The first kappa shape index (κ1) is 14.4. The topological polar surface area (TPSA) is 91.6 Å². The number of aromatic nitrogens is 1. The highest BCUT2D eigenvalue weighted by molar-refractivity contribution is 5.93. The van der Waals surface area contributed by atoms with E-state index in [1.54, 1.807) is 6.07 Å². The van der Waals surface area contributed by atoms with Crippen LogP contribution in [0.25, 0.3) is 0 Å². The van der Waals surface area contributed by atoms with Crippen molar-refractivity contribution in [2.24, 2.45) is 0 Å². The molecule has 21 heavy (non-hydrogen) atoms. The number of methoxy groups -OCH3 is 1. The Balaban J connectivity index is 2.26. The lowest BCUT2D eigenvalue weighted by Crippen LogP contribution is -1.96. The zero-order valence-corrected chi connectivity index (χ0v) is 11.4. The molecule has 7 nitrogen and oxygen atoms in total. The van der Waals surface area contributed by atoms with Gasteiger partial charge in [0.05, 0.1) is 18.1 Å². The normalized spacial score (nSPS) is 10.0. The molecule has 0 fully saturated rings. The maximum atomic E-state index is 11.2. The first-order valence-corrected chi connectivity index (χ1v) is 5.98. The predicted octanol–water partition coefficient (Wildman–Crippen LogP) is 2.99. The van der Waals surface area contributed by atoms with E-state index in [1.807, 2.05) is 0 Å². The lowest BCUT2D eigenvalue weighted by Gasteiger charge is -2.09. The molecule has 0 aliphatic heterocycles. The zero-order chi connectivity index (χ0) is 15.4. The predicted molar refractivity (Wildman–Crippen MR) is 74.0 cm³/mol. The van der Waals surface area contributed by atoms with E-state index in [1.165, 1.54) is 44.5 Å². The molecule has 108 valence electrons. The summed E-state index contributed by atoms with van der Waals surface area (Å²) in [4.78, 5) is 25.3. The van der Waals surface area contributed by atoms with Gasteiger partial charge >= 0.3 is 0 Å². The van der Waals surface area contributed by atoms with Crippen molar-refractivity contribution in [3.8, 4) is 17.4 Å². The molecule has 7 heteroatoms. The second-order valence-corrected chi connectivity index (χ2v) is 4.14. The highest BCUT2D eigenvalue weighted by Gasteiger charge is 2.13. The molecule has 0 amide bonds. The first-order valence-electron chi connectivity index (χ1n) is 5.98. The van der Waals surface area contributed by atoms with Crippen LogP contribution in [0.3, 0.4) is 0 Å². The van der Waals surface area contributed by atoms with Crippen LogP contribution in [0, 0.1) is 10.1 Å². The fourth-order valence-corrected chi connectivity index (χ4v) is 1.62. The van der Waals surface area contributed by atoms with Gasteiger partial charge in [-0.1, -0.05) is 0 Å². The molecule has 1 aromatic heterocycles. The van der Waals surface area contributed by atoms with Crippen molar-refractivity contribution in [3.05, 3.63) is 52.2 Å². The molecule has 0 spiro atoms. The Labute approximate surface area is 120 Å². The molecule has 2 rings (SSSR count). The third-order valence-corrected chi connectivity index (χ3v) is 2.72. The van der Waals surface area contributed by atoms with Crippen molar-refractivity contribution in [2.45, 2.75) is 6.92 Å². The minimum atomic E-state index is -0.522. The highest BCUT2D eigenvalue weighted by atomic mass is 16.6. The van der Waals surface area contributed by atoms with Crippen LogP contribution in [0.5, 0.6) is 17.4 Å². The molecule has 0 unspecified atom stereocenters. The van der Waals surface area contributed by atoms with Crippen LogP contribution in [-0.4, -0.2) is 22.8 Å². The Kier molecular flexibility index (Phi) is 4.13. The number of nitro benzene ring substituents is 1. The van der Waals surface area contributed by atoms with Crippen molar-refractivity contribution in [1.29, 1.82) is 0 Å². The Morgan fingerprint density at radius 3 is 2.52 bits per heavy atom. The molecule has 0 aliphatic rings. The number of hydrogen-bond acceptors (Lipinski definition) is 6. The van der Waals surface area contributed by atoms with E-state index in [9.17, 15) is 14.9 Å². The smallest absolute Gasteiger partial charge is 0.273 e. The molecule has 0 saturated heterocycles. The van der Waals surface area contributed by atoms with Crippen LogP contribution in [0.15, 0.2) is 36.5 Å². The summed E-state index contributed by atoms with van der Waals surface area (Å²) in [5.74, 6) is 0.682. The third kappa shape index (κ3) is 3.33. The van der Waals surface area contributed by atoms with Crippen molar-refractivity contribution in [3.63, 3.8) is 0 Å². The maximum Gasteiger partial charge on any atom is 0.273 e. The number of carbonyl (C=O) groups is 1. The molecule has 0 aliphatic carbocycles. The third-order valence-electron chi connectivity index (χ3n) is 2.72. The van der Waals surface area contributed by atoms with Crippen molar-refractivity contribution in [1.82, 2.24) is 4.98 Å². The molecule has 1 heterocycles. The summed E-state index contributed by atoms with van der Waals surface area (Å²) >= 11 is 0. The lowest BCUT2D eigenvalue weighted by atomic mass is 10.2. The number of Topliss-reactive ketones (excluding diaryl/α,β-unsaturated/α-hetero) is 1. The average Bonchev–Trinajstić information content (AvgIpc) is 2.48. The number of benzene rings is 1. The van der Waals surface area contributed by atoms with Crippen LogP contribution in [-0.2, 0) is 0 Å². The van der Waals surface area contributed by atoms with E-state index in [4.69, 9.17) is 9.47 Å². The molecule has 0 bridgehead atoms. The first-order chi connectivity index (χ1) is 10.0. The second kappa shape index (κ2) is 6.00. The Hall–Kier alpha value is -2.96. The van der Waals surface area contributed by atoms with Crippen LogP contribution in [0.2, 0.25) is 0 Å². The molecule has 2 aromatic rings. The maximum absolute atomic E-state index is 11.2. The van der Waals surface area contributed by atoms with Gasteiger partial charge in [-0.3, -0.25) is 14.9 Å². The minimum absolute atomic E-state index is 0.0954. The van der Waals surface area contributed by atoms with Gasteiger partial charge in [0.2, 0.25) is 5.88 Å². The fraction of sp³-hybridized carbons (Fsp3) is 0.143. The number of non-ortho nitro benzene ring substituents is 1. The van der Waals surface area contributed by atoms with E-state index < -0.39 is 4.92 Å². The van der Waals surface area contributed by atoms with Gasteiger partial charge in [0, 0.05) is 23.9 Å². The van der Waals surface area contributed by atoms with Crippen LogP contribution < -0.4 is 9.47 Å². The molecule has 1 aromatic carbocycles. The van der Waals surface area contributed by atoms with Gasteiger partial charge < -0.3 is 9.47 Å². The van der Waals surface area contributed by atoms with E-state index in [0.717, 1.165) is 0 Å². The van der Waals surface area contributed by atoms with Crippen LogP contribution in [0.1, 0.15) is 17.3 Å². The average molecular weight is 288 g/mol. The van der Waals surface area contributed by atoms with E-state index in [0.29, 0.717) is 11.3 Å². The Morgan fingerprint density at radius 1 is 1.24 bits per heavy atom. The summed E-state index contributed by atoms with van der Waals surface area (Å²) in [6.45, 7) is 1.44. The number of nitro groups is 1. The van der Waals surface area contributed by atoms with Gasteiger partial charge in [0.15, 0.2) is 17.3 Å². The number of carbonyl (C=O) groups excluding carboxylic acids is 1. The molecule has 0 radical (unpaired) electrons. The van der Waals surface area contributed by atoms with Gasteiger partial charge in [0.25, 0.3) is 5.69 Å². The van der Waals surface area contributed by atoms with Crippen molar-refractivity contribution in [2.75, 3.05) is 7.11 Å². The van der Waals surface area contributed by atoms with Crippen molar-refractivity contribution < 1.29 is 19.2 Å². The number of ether oxygens (including phenoxy) is 2. The van der Waals surface area contributed by atoms with Crippen LogP contribution in [0.4, 0.5) is 5.69 Å². The largest absolute Gasteiger partial charge is 0.493 e.